The Hall–Kier alpha value is -6.66. The number of hydrogen-bond donors (Lipinski definition) is 6. The number of rotatable bonds is 12. The van der Waals surface area contributed by atoms with Crippen molar-refractivity contribution in [1.82, 2.24) is 0 Å². The first-order chi connectivity index (χ1) is 24.3. The molecular weight excluding hydrogens is 688 g/mol. The van der Waals surface area contributed by atoms with E-state index in [1.165, 1.54) is 48.5 Å². The molecule has 0 aliphatic rings. The Kier molecular flexibility index (Phi) is 10.4. The number of carbonyl (C=O) groups is 1. The van der Waals surface area contributed by atoms with Crippen LogP contribution in [0.5, 0.6) is 34.5 Å². The van der Waals surface area contributed by atoms with E-state index in [1.807, 2.05) is 0 Å². The highest BCUT2D eigenvalue weighted by Gasteiger charge is 2.23. The lowest BCUT2D eigenvalue weighted by Crippen LogP contribution is -1.99. The van der Waals surface area contributed by atoms with Gasteiger partial charge < -0.3 is 35.0 Å². The number of hydrogen-bond acceptors (Lipinski definition) is 15. The summed E-state index contributed by atoms with van der Waals surface area (Å²) in [4.78, 5) is 10.7. The van der Waals surface area contributed by atoms with Crippen LogP contribution in [0.4, 0.5) is 34.1 Å². The minimum Gasteiger partial charge on any atom is -0.508 e. The Labute approximate surface area is 288 Å². The molecule has 5 rings (SSSR count). The Balaban J connectivity index is 1.58. The molecular formula is C33H28N6O11S. The normalized spacial score (nSPS) is 12.0. The third-order valence-electron chi connectivity index (χ3n) is 6.93. The summed E-state index contributed by atoms with van der Waals surface area (Å²) in [5.74, 6) is -2.77. The summed E-state index contributed by atoms with van der Waals surface area (Å²) in [6.45, 7) is 3.69. The number of phenolic OH excluding ortho intramolecular Hbond substituents is 3. The average molecular weight is 717 g/mol. The largest absolute Gasteiger partial charge is 0.508 e. The van der Waals surface area contributed by atoms with E-state index < -0.39 is 38.2 Å². The summed E-state index contributed by atoms with van der Waals surface area (Å²) in [5.41, 5.74) is -0.497. The van der Waals surface area contributed by atoms with Gasteiger partial charge in [0.05, 0.1) is 24.6 Å². The van der Waals surface area contributed by atoms with Gasteiger partial charge in [-0.3, -0.25) is 4.55 Å². The molecule has 0 saturated carbocycles. The van der Waals surface area contributed by atoms with Crippen molar-refractivity contribution in [2.75, 3.05) is 13.2 Å². The van der Waals surface area contributed by atoms with Gasteiger partial charge in [0.25, 0.3) is 10.1 Å². The number of aromatic carboxylic acids is 1. The van der Waals surface area contributed by atoms with Crippen LogP contribution in [0.3, 0.4) is 0 Å². The highest BCUT2D eigenvalue weighted by atomic mass is 32.2. The molecule has 5 aromatic rings. The molecule has 18 heteroatoms. The van der Waals surface area contributed by atoms with Gasteiger partial charge in [-0.2, -0.15) is 18.6 Å². The van der Waals surface area contributed by atoms with E-state index in [9.17, 15) is 43.3 Å². The maximum atomic E-state index is 12.4. The van der Waals surface area contributed by atoms with Crippen LogP contribution in [0.15, 0.2) is 108 Å². The van der Waals surface area contributed by atoms with Crippen LogP contribution in [0.2, 0.25) is 0 Å². The van der Waals surface area contributed by atoms with Crippen molar-refractivity contribution in [3.8, 4) is 34.5 Å². The zero-order valence-corrected chi connectivity index (χ0v) is 27.5. The number of phenols is 4. The molecule has 0 atom stereocenters. The van der Waals surface area contributed by atoms with Crippen LogP contribution in [-0.4, -0.2) is 57.7 Å². The van der Waals surface area contributed by atoms with E-state index in [0.717, 1.165) is 24.3 Å². The molecule has 0 unspecified atom stereocenters. The van der Waals surface area contributed by atoms with Crippen molar-refractivity contribution in [2.45, 2.75) is 18.7 Å². The van der Waals surface area contributed by atoms with Crippen LogP contribution in [0, 0.1) is 0 Å². The molecule has 262 valence electrons. The quantitative estimate of drug-likeness (QED) is 0.0525. The second kappa shape index (κ2) is 14.8. The van der Waals surface area contributed by atoms with Crippen molar-refractivity contribution >= 4 is 61.0 Å². The van der Waals surface area contributed by atoms with Crippen molar-refractivity contribution in [3.05, 3.63) is 78.4 Å². The molecule has 0 heterocycles. The van der Waals surface area contributed by atoms with Gasteiger partial charge >= 0.3 is 5.97 Å². The molecule has 0 aliphatic heterocycles. The Morgan fingerprint density at radius 2 is 1.25 bits per heavy atom. The SMILES string of the molecule is CCOc1cc(N=Nc2c(S(=O)(=O)O)cc3ccc(N=Nc4ccc(O)cc4O)cc3c2O)c(OCC)cc1N=Nc1ccc(O)c(C(=O)O)c1. The maximum absolute atomic E-state index is 12.4. The van der Waals surface area contributed by atoms with Crippen LogP contribution < -0.4 is 9.47 Å². The first-order valence-corrected chi connectivity index (χ1v) is 16.3. The molecule has 6 N–H and O–H groups in total. The zero-order chi connectivity index (χ0) is 36.9. The number of nitrogens with zero attached hydrogens (tertiary/aromatic N) is 6. The molecule has 0 aliphatic carbocycles. The lowest BCUT2D eigenvalue weighted by Gasteiger charge is -2.12. The zero-order valence-electron chi connectivity index (χ0n) is 26.7. The van der Waals surface area contributed by atoms with Crippen LogP contribution in [0.25, 0.3) is 10.8 Å². The predicted molar refractivity (Wildman–Crippen MR) is 182 cm³/mol. The van der Waals surface area contributed by atoms with Crippen molar-refractivity contribution in [2.24, 2.45) is 30.7 Å². The number of ether oxygens (including phenoxy) is 2. The van der Waals surface area contributed by atoms with Gasteiger partial charge in [-0.25, -0.2) is 4.79 Å². The second-order valence-corrected chi connectivity index (χ2v) is 11.8. The lowest BCUT2D eigenvalue weighted by atomic mass is 10.1. The predicted octanol–water partition coefficient (Wildman–Crippen LogP) is 8.65. The van der Waals surface area contributed by atoms with E-state index >= 15 is 0 Å². The molecule has 0 radical (unpaired) electrons. The third kappa shape index (κ3) is 8.15. The first-order valence-electron chi connectivity index (χ1n) is 14.8. The summed E-state index contributed by atoms with van der Waals surface area (Å²) >= 11 is 0. The lowest BCUT2D eigenvalue weighted by molar-refractivity contribution is 0.0693. The van der Waals surface area contributed by atoms with Crippen molar-refractivity contribution < 1.29 is 52.8 Å². The molecule has 5 aromatic carbocycles. The fraction of sp³-hybridized carbons (Fsp3) is 0.121. The molecule has 0 fully saturated rings. The summed E-state index contributed by atoms with van der Waals surface area (Å²) in [6.07, 6.45) is 0. The van der Waals surface area contributed by atoms with Gasteiger partial charge in [-0.15, -0.1) is 20.5 Å². The minimum absolute atomic E-state index is 0.00841. The van der Waals surface area contributed by atoms with Gasteiger partial charge in [0, 0.05) is 23.6 Å². The van der Waals surface area contributed by atoms with Gasteiger partial charge in [0.1, 0.15) is 62.0 Å². The van der Waals surface area contributed by atoms with E-state index in [-0.39, 0.29) is 81.0 Å². The molecule has 0 amide bonds. The standard InChI is InChI=1S/C33H28N6O11S/c1-3-49-28-16-25(29(50-4-2)15-24(28)37-35-19-7-10-26(41)22(13-19)33(44)45)38-39-31-30(51(46,47)48)11-17-5-6-18(12-21(17)32(31)43)34-36-23-9-8-20(40)14-27(23)42/h5-16,40-43H,3-4H2,1-2H3,(H,44,45)(H,46,47,48). The van der Waals surface area contributed by atoms with Crippen LogP contribution >= 0.6 is 0 Å². The molecule has 0 spiro atoms. The van der Waals surface area contributed by atoms with Crippen LogP contribution in [-0.2, 0) is 10.1 Å². The maximum Gasteiger partial charge on any atom is 0.339 e. The first kappa shape index (κ1) is 35.6. The summed E-state index contributed by atoms with van der Waals surface area (Å²) in [6, 6.07) is 15.5. The molecule has 0 saturated heterocycles. The third-order valence-corrected chi connectivity index (χ3v) is 7.80. The second-order valence-electron chi connectivity index (χ2n) is 10.4. The van der Waals surface area contributed by atoms with Crippen molar-refractivity contribution in [3.63, 3.8) is 0 Å². The van der Waals surface area contributed by atoms with Gasteiger partial charge in [0.2, 0.25) is 0 Å². The van der Waals surface area contributed by atoms with E-state index in [0.29, 0.717) is 0 Å². The fourth-order valence-corrected chi connectivity index (χ4v) is 5.26. The minimum atomic E-state index is -4.94. The highest BCUT2D eigenvalue weighted by Crippen LogP contribution is 2.45. The van der Waals surface area contributed by atoms with E-state index in [2.05, 4.69) is 30.7 Å². The van der Waals surface area contributed by atoms with Gasteiger partial charge in [-0.05, 0) is 67.8 Å². The topological polar surface area (TPSA) is 265 Å². The average Bonchev–Trinajstić information content (AvgIpc) is 3.08. The van der Waals surface area contributed by atoms with Gasteiger partial charge in [0.15, 0.2) is 5.75 Å². The molecule has 0 bridgehead atoms. The summed E-state index contributed by atoms with van der Waals surface area (Å²) in [5, 5.41) is 74.4. The van der Waals surface area contributed by atoms with Crippen molar-refractivity contribution in [1.29, 1.82) is 0 Å². The molecule has 51 heavy (non-hydrogen) atoms. The number of azo groups is 3. The number of benzene rings is 5. The number of fused-ring (bicyclic) bond motifs is 1. The summed E-state index contributed by atoms with van der Waals surface area (Å²) < 4.78 is 46.3. The fourth-order valence-electron chi connectivity index (χ4n) is 4.60. The smallest absolute Gasteiger partial charge is 0.339 e. The molecule has 17 nitrogen and oxygen atoms in total. The Morgan fingerprint density at radius 3 is 1.84 bits per heavy atom. The summed E-state index contributed by atoms with van der Waals surface area (Å²) in [7, 11) is -4.94. The van der Waals surface area contributed by atoms with E-state index in [1.54, 1.807) is 13.8 Å². The van der Waals surface area contributed by atoms with Crippen LogP contribution in [0.1, 0.15) is 24.2 Å². The number of carboxylic acid groups (broad SMARTS) is 1. The highest BCUT2D eigenvalue weighted by molar-refractivity contribution is 7.86. The Morgan fingerprint density at radius 1 is 0.667 bits per heavy atom. The van der Waals surface area contributed by atoms with E-state index in [4.69, 9.17) is 9.47 Å². The number of aromatic hydroxyl groups is 4. The Bertz CT molecular complexity index is 2360. The number of carboxylic acids is 1. The molecule has 0 aromatic heterocycles. The van der Waals surface area contributed by atoms with Gasteiger partial charge in [-0.1, -0.05) is 6.07 Å². The monoisotopic (exact) mass is 716 g/mol.